The van der Waals surface area contributed by atoms with Gasteiger partial charge in [-0.25, -0.2) is 0 Å². The van der Waals surface area contributed by atoms with Crippen molar-refractivity contribution < 1.29 is 10.2 Å². The van der Waals surface area contributed by atoms with Crippen molar-refractivity contribution in [3.05, 3.63) is 0 Å². The molecule has 1 unspecified atom stereocenters. The molecule has 0 saturated heterocycles. The van der Waals surface area contributed by atoms with Gasteiger partial charge in [0.15, 0.2) is 0 Å². The molecule has 3 nitrogen and oxygen atoms in total. The van der Waals surface area contributed by atoms with E-state index in [2.05, 4.69) is 0 Å². The van der Waals surface area contributed by atoms with Gasteiger partial charge >= 0.3 is 0 Å². The van der Waals surface area contributed by atoms with E-state index in [-0.39, 0.29) is 6.61 Å². The van der Waals surface area contributed by atoms with E-state index < -0.39 is 11.6 Å². The van der Waals surface area contributed by atoms with Gasteiger partial charge in [-0.3, -0.25) is 0 Å². The minimum atomic E-state index is -0.716. The average Bonchev–Trinajstić information content (AvgIpc) is 1.81. The first kappa shape index (κ1) is 6.99. The summed E-state index contributed by atoms with van der Waals surface area (Å²) in [7, 11) is 0. The average molecular weight is 131 g/mol. The van der Waals surface area contributed by atoms with Crippen molar-refractivity contribution in [2.75, 3.05) is 6.61 Å². The van der Waals surface area contributed by atoms with Crippen LogP contribution in [-0.2, 0) is 0 Å². The molecule has 1 fully saturated rings. The van der Waals surface area contributed by atoms with Crippen molar-refractivity contribution in [2.24, 2.45) is 5.73 Å². The molecule has 54 valence electrons. The van der Waals surface area contributed by atoms with E-state index in [9.17, 15) is 0 Å². The van der Waals surface area contributed by atoms with Gasteiger partial charge in [0.2, 0.25) is 0 Å². The Morgan fingerprint density at radius 3 is 2.22 bits per heavy atom. The second-order valence-corrected chi connectivity index (χ2v) is 2.79. The van der Waals surface area contributed by atoms with Crippen molar-refractivity contribution in [3.8, 4) is 0 Å². The Labute approximate surface area is 54.5 Å². The Kier molecular flexibility index (Phi) is 1.75. The first-order valence-electron chi connectivity index (χ1n) is 3.27. The second kappa shape index (κ2) is 2.25. The molecule has 0 aromatic rings. The fourth-order valence-corrected chi connectivity index (χ4v) is 1.10. The topological polar surface area (TPSA) is 66.5 Å². The van der Waals surface area contributed by atoms with Gasteiger partial charge in [-0.05, 0) is 19.3 Å². The van der Waals surface area contributed by atoms with Gasteiger partial charge in [-0.15, -0.1) is 0 Å². The molecule has 0 aliphatic heterocycles. The Bertz CT molecular complexity index is 101. The maximum atomic E-state index is 9.06. The maximum absolute atomic E-state index is 9.06. The molecule has 0 aromatic carbocycles. The van der Waals surface area contributed by atoms with Crippen LogP contribution in [0.25, 0.3) is 0 Å². The van der Waals surface area contributed by atoms with Gasteiger partial charge in [-0.2, -0.15) is 0 Å². The van der Waals surface area contributed by atoms with Crippen LogP contribution in [0, 0.1) is 0 Å². The third-order valence-electron chi connectivity index (χ3n) is 2.12. The lowest BCUT2D eigenvalue weighted by atomic mass is 9.74. The zero-order chi connectivity index (χ0) is 6.91. The molecule has 1 aliphatic rings. The normalized spacial score (nSPS) is 27.0. The third-order valence-corrected chi connectivity index (χ3v) is 2.12. The van der Waals surface area contributed by atoms with Gasteiger partial charge in [0.1, 0.15) is 0 Å². The fourth-order valence-electron chi connectivity index (χ4n) is 1.10. The number of nitrogens with two attached hydrogens (primary N) is 1. The molecule has 0 aromatic heterocycles. The highest BCUT2D eigenvalue weighted by molar-refractivity contribution is 4.98. The van der Waals surface area contributed by atoms with E-state index in [1.54, 1.807) is 0 Å². The number of hydrogen-bond donors (Lipinski definition) is 3. The number of hydrogen-bond acceptors (Lipinski definition) is 3. The molecular weight excluding hydrogens is 118 g/mol. The number of aliphatic hydroxyl groups is 2. The zero-order valence-corrected chi connectivity index (χ0v) is 5.38. The fraction of sp³-hybridized carbons (Fsp3) is 1.00. The Morgan fingerprint density at radius 2 is 2.11 bits per heavy atom. The number of aliphatic hydroxyl groups excluding tert-OH is 2. The highest BCUT2D eigenvalue weighted by atomic mass is 16.3. The minimum Gasteiger partial charge on any atom is -0.394 e. The Balaban J connectivity index is 2.38. The third kappa shape index (κ3) is 1.08. The van der Waals surface area contributed by atoms with E-state index in [0.717, 1.165) is 19.3 Å². The standard InChI is InChI=1S/C6H13NO2/c7-6(2-1-3-6)5(9)4-8/h5,8-9H,1-4,7H2. The lowest BCUT2D eigenvalue weighted by molar-refractivity contribution is -0.00475. The quantitative estimate of drug-likeness (QED) is 0.460. The van der Waals surface area contributed by atoms with Crippen LogP contribution in [0.2, 0.25) is 0 Å². The van der Waals surface area contributed by atoms with Gasteiger partial charge in [0, 0.05) is 5.54 Å². The monoisotopic (exact) mass is 131 g/mol. The second-order valence-electron chi connectivity index (χ2n) is 2.79. The lowest BCUT2D eigenvalue weighted by Crippen LogP contribution is -2.57. The van der Waals surface area contributed by atoms with Gasteiger partial charge in [-0.1, -0.05) is 0 Å². The highest BCUT2D eigenvalue weighted by Crippen LogP contribution is 2.31. The van der Waals surface area contributed by atoms with Crippen LogP contribution in [0.3, 0.4) is 0 Å². The Morgan fingerprint density at radius 1 is 1.56 bits per heavy atom. The highest BCUT2D eigenvalue weighted by Gasteiger charge is 2.38. The summed E-state index contributed by atoms with van der Waals surface area (Å²) in [5.74, 6) is 0. The minimum absolute atomic E-state index is 0.212. The summed E-state index contributed by atoms with van der Waals surface area (Å²) in [5.41, 5.74) is 5.18. The van der Waals surface area contributed by atoms with Crippen molar-refractivity contribution in [2.45, 2.75) is 30.9 Å². The summed E-state index contributed by atoms with van der Waals surface area (Å²) in [5, 5.41) is 17.6. The van der Waals surface area contributed by atoms with Gasteiger partial charge < -0.3 is 15.9 Å². The van der Waals surface area contributed by atoms with Crippen LogP contribution in [0.15, 0.2) is 0 Å². The molecule has 1 atom stereocenters. The largest absolute Gasteiger partial charge is 0.394 e. The van der Waals surface area contributed by atoms with E-state index in [1.807, 2.05) is 0 Å². The summed E-state index contributed by atoms with van der Waals surface area (Å²) in [6.07, 6.45) is 2.04. The van der Waals surface area contributed by atoms with Crippen molar-refractivity contribution in [1.29, 1.82) is 0 Å². The SMILES string of the molecule is NC1(C(O)CO)CCC1. The molecule has 0 amide bonds. The summed E-state index contributed by atoms with van der Waals surface area (Å²) < 4.78 is 0. The van der Waals surface area contributed by atoms with Gasteiger partial charge in [0.05, 0.1) is 12.7 Å². The van der Waals surface area contributed by atoms with E-state index in [1.165, 1.54) is 0 Å². The maximum Gasteiger partial charge on any atom is 0.0949 e. The van der Waals surface area contributed by atoms with Crippen molar-refractivity contribution in [3.63, 3.8) is 0 Å². The summed E-state index contributed by atoms with van der Waals surface area (Å²) >= 11 is 0. The molecule has 1 aliphatic carbocycles. The van der Waals surface area contributed by atoms with Crippen LogP contribution in [0.4, 0.5) is 0 Å². The van der Waals surface area contributed by atoms with Crippen LogP contribution < -0.4 is 5.73 Å². The van der Waals surface area contributed by atoms with Crippen LogP contribution in [0.5, 0.6) is 0 Å². The molecule has 0 spiro atoms. The summed E-state index contributed by atoms with van der Waals surface area (Å²) in [6.45, 7) is -0.212. The summed E-state index contributed by atoms with van der Waals surface area (Å²) in [6, 6.07) is 0. The molecule has 1 rings (SSSR count). The first-order valence-corrected chi connectivity index (χ1v) is 3.27. The molecule has 0 bridgehead atoms. The van der Waals surface area contributed by atoms with Crippen LogP contribution >= 0.6 is 0 Å². The van der Waals surface area contributed by atoms with Crippen molar-refractivity contribution >= 4 is 0 Å². The predicted molar refractivity (Wildman–Crippen MR) is 33.9 cm³/mol. The molecule has 0 heterocycles. The van der Waals surface area contributed by atoms with Gasteiger partial charge in [0.25, 0.3) is 0 Å². The number of rotatable bonds is 2. The predicted octanol–water partition coefficient (Wildman–Crippen LogP) is -0.779. The van der Waals surface area contributed by atoms with Crippen molar-refractivity contribution in [1.82, 2.24) is 0 Å². The molecule has 3 heteroatoms. The van der Waals surface area contributed by atoms with E-state index >= 15 is 0 Å². The molecule has 4 N–H and O–H groups in total. The first-order chi connectivity index (χ1) is 4.19. The lowest BCUT2D eigenvalue weighted by Gasteiger charge is -2.41. The molecule has 0 radical (unpaired) electrons. The molecule has 1 saturated carbocycles. The smallest absolute Gasteiger partial charge is 0.0949 e. The Hall–Kier alpha value is -0.120. The summed E-state index contributed by atoms with van der Waals surface area (Å²) in [4.78, 5) is 0. The zero-order valence-electron chi connectivity index (χ0n) is 5.38. The van der Waals surface area contributed by atoms with Crippen LogP contribution in [0.1, 0.15) is 19.3 Å². The van der Waals surface area contributed by atoms with E-state index in [4.69, 9.17) is 15.9 Å². The van der Waals surface area contributed by atoms with Crippen LogP contribution in [-0.4, -0.2) is 28.5 Å². The molecule has 9 heavy (non-hydrogen) atoms. The molecular formula is C6H13NO2. The van der Waals surface area contributed by atoms with E-state index in [0.29, 0.717) is 0 Å².